The fraction of sp³-hybridized carbons (Fsp3) is 0.417. The Hall–Kier alpha value is -1.04. The molecule has 0 aliphatic carbocycles. The molecule has 15 heavy (non-hydrogen) atoms. The van der Waals surface area contributed by atoms with Crippen molar-refractivity contribution in [1.29, 1.82) is 5.26 Å². The van der Waals surface area contributed by atoms with Gasteiger partial charge in [-0.1, -0.05) is 17.7 Å². The van der Waals surface area contributed by atoms with Crippen LogP contribution in [0.15, 0.2) is 18.2 Å². The van der Waals surface area contributed by atoms with Crippen molar-refractivity contribution in [3.8, 4) is 6.07 Å². The lowest BCUT2D eigenvalue weighted by molar-refractivity contribution is 0.264. The first-order valence-electron chi connectivity index (χ1n) is 5.08. The van der Waals surface area contributed by atoms with Crippen molar-refractivity contribution in [1.82, 2.24) is 4.90 Å². The maximum absolute atomic E-state index is 8.76. The average molecular weight is 221 g/mol. The third-order valence-corrected chi connectivity index (χ3v) is 2.94. The lowest BCUT2D eigenvalue weighted by Crippen LogP contribution is -2.22. The van der Waals surface area contributed by atoms with Gasteiger partial charge >= 0.3 is 0 Å². The zero-order chi connectivity index (χ0) is 10.8. The fourth-order valence-corrected chi connectivity index (χ4v) is 2.19. The van der Waals surface area contributed by atoms with Gasteiger partial charge in [0.1, 0.15) is 0 Å². The Balaban J connectivity index is 2.07. The second-order valence-electron chi connectivity index (χ2n) is 4.11. The van der Waals surface area contributed by atoms with E-state index in [-0.39, 0.29) is 5.92 Å². The molecule has 1 aliphatic heterocycles. The summed E-state index contributed by atoms with van der Waals surface area (Å²) in [5.74, 6) is 0.0924. The van der Waals surface area contributed by atoms with Crippen LogP contribution in [-0.4, -0.2) is 11.4 Å². The van der Waals surface area contributed by atoms with Crippen molar-refractivity contribution in [2.24, 2.45) is 5.92 Å². The van der Waals surface area contributed by atoms with E-state index in [1.165, 1.54) is 11.1 Å². The highest BCUT2D eigenvalue weighted by Gasteiger charge is 2.20. The van der Waals surface area contributed by atoms with Gasteiger partial charge in [-0.15, -0.1) is 0 Å². The van der Waals surface area contributed by atoms with Crippen LogP contribution < -0.4 is 0 Å². The molecule has 1 aromatic rings. The molecule has 0 N–H and O–H groups in total. The SMILES string of the molecule is CC(C#N)CN1Cc2ccc(Cl)cc2C1. The molecule has 1 unspecified atom stereocenters. The molecule has 1 aliphatic rings. The van der Waals surface area contributed by atoms with E-state index in [0.717, 1.165) is 24.7 Å². The molecular weight excluding hydrogens is 208 g/mol. The molecule has 0 aromatic heterocycles. The monoisotopic (exact) mass is 220 g/mol. The van der Waals surface area contributed by atoms with E-state index in [0.29, 0.717) is 0 Å². The highest BCUT2D eigenvalue weighted by atomic mass is 35.5. The van der Waals surface area contributed by atoms with Gasteiger partial charge in [0, 0.05) is 24.7 Å². The van der Waals surface area contributed by atoms with E-state index < -0.39 is 0 Å². The molecule has 0 saturated heterocycles. The summed E-state index contributed by atoms with van der Waals surface area (Å²) in [6.45, 7) is 4.65. The molecule has 2 nitrogen and oxygen atoms in total. The van der Waals surface area contributed by atoms with Crippen LogP contribution in [0.25, 0.3) is 0 Å². The Morgan fingerprint density at radius 2 is 2.20 bits per heavy atom. The lowest BCUT2D eigenvalue weighted by atomic mass is 10.1. The molecule has 0 fully saturated rings. The zero-order valence-corrected chi connectivity index (χ0v) is 9.46. The summed E-state index contributed by atoms with van der Waals surface area (Å²) >= 11 is 5.93. The molecule has 0 amide bonds. The predicted octanol–water partition coefficient (Wildman–Crippen LogP) is 2.82. The number of hydrogen-bond donors (Lipinski definition) is 0. The van der Waals surface area contributed by atoms with Crippen LogP contribution in [0.1, 0.15) is 18.1 Å². The molecule has 0 saturated carbocycles. The van der Waals surface area contributed by atoms with Crippen LogP contribution in [0.3, 0.4) is 0 Å². The van der Waals surface area contributed by atoms with Gasteiger partial charge in [-0.05, 0) is 30.2 Å². The summed E-state index contributed by atoms with van der Waals surface area (Å²) in [7, 11) is 0. The second-order valence-corrected chi connectivity index (χ2v) is 4.55. The van der Waals surface area contributed by atoms with Crippen molar-refractivity contribution < 1.29 is 0 Å². The van der Waals surface area contributed by atoms with E-state index >= 15 is 0 Å². The molecule has 1 aromatic carbocycles. The van der Waals surface area contributed by atoms with E-state index in [4.69, 9.17) is 16.9 Å². The summed E-state index contributed by atoms with van der Waals surface area (Å²) in [5.41, 5.74) is 2.64. The first-order chi connectivity index (χ1) is 7.19. The van der Waals surface area contributed by atoms with E-state index in [9.17, 15) is 0 Å². The minimum absolute atomic E-state index is 0.0924. The molecule has 3 heteroatoms. The van der Waals surface area contributed by atoms with E-state index in [1.807, 2.05) is 19.1 Å². The van der Waals surface area contributed by atoms with E-state index in [2.05, 4.69) is 17.0 Å². The number of nitriles is 1. The standard InChI is InChI=1S/C12H13ClN2/c1-9(5-14)6-15-7-10-2-3-12(13)4-11(10)8-15/h2-4,9H,6-8H2,1H3. The Bertz CT molecular complexity index is 409. The Morgan fingerprint density at radius 1 is 1.47 bits per heavy atom. The smallest absolute Gasteiger partial charge is 0.0666 e. The summed E-state index contributed by atoms with van der Waals surface area (Å²) in [6, 6.07) is 8.29. The number of benzene rings is 1. The van der Waals surface area contributed by atoms with E-state index in [1.54, 1.807) is 0 Å². The first-order valence-corrected chi connectivity index (χ1v) is 5.46. The van der Waals surface area contributed by atoms with Crippen LogP contribution >= 0.6 is 11.6 Å². The topological polar surface area (TPSA) is 27.0 Å². The molecular formula is C12H13ClN2. The maximum Gasteiger partial charge on any atom is 0.0666 e. The van der Waals surface area contributed by atoms with Gasteiger partial charge in [0.25, 0.3) is 0 Å². The summed E-state index contributed by atoms with van der Waals surface area (Å²) < 4.78 is 0. The van der Waals surface area contributed by atoms with Crippen LogP contribution in [0.4, 0.5) is 0 Å². The lowest BCUT2D eigenvalue weighted by Gasteiger charge is -2.15. The van der Waals surface area contributed by atoms with Crippen LogP contribution in [0, 0.1) is 17.2 Å². The molecule has 2 rings (SSSR count). The minimum atomic E-state index is 0.0924. The quantitative estimate of drug-likeness (QED) is 0.767. The van der Waals surface area contributed by atoms with Gasteiger partial charge in [0.15, 0.2) is 0 Å². The van der Waals surface area contributed by atoms with Gasteiger partial charge in [-0.25, -0.2) is 0 Å². The van der Waals surface area contributed by atoms with Gasteiger partial charge in [-0.2, -0.15) is 5.26 Å². The number of hydrogen-bond acceptors (Lipinski definition) is 2. The third kappa shape index (κ3) is 2.31. The summed E-state index contributed by atoms with van der Waals surface area (Å²) in [6.07, 6.45) is 0. The fourth-order valence-electron chi connectivity index (χ4n) is 1.99. The minimum Gasteiger partial charge on any atom is -0.294 e. The Morgan fingerprint density at radius 3 is 2.93 bits per heavy atom. The van der Waals surface area contributed by atoms with Crippen LogP contribution in [0.5, 0.6) is 0 Å². The second kappa shape index (κ2) is 4.22. The normalized spacial score (nSPS) is 17.1. The highest BCUT2D eigenvalue weighted by molar-refractivity contribution is 6.30. The van der Waals surface area contributed by atoms with Gasteiger partial charge in [-0.3, -0.25) is 4.90 Å². The predicted molar refractivity (Wildman–Crippen MR) is 60.3 cm³/mol. The first kappa shape index (κ1) is 10.5. The van der Waals surface area contributed by atoms with Crippen molar-refractivity contribution in [3.63, 3.8) is 0 Å². The van der Waals surface area contributed by atoms with Gasteiger partial charge in [0.05, 0.1) is 12.0 Å². The molecule has 78 valence electrons. The van der Waals surface area contributed by atoms with Crippen LogP contribution in [-0.2, 0) is 13.1 Å². The number of fused-ring (bicyclic) bond motifs is 1. The maximum atomic E-state index is 8.76. The number of halogens is 1. The van der Waals surface area contributed by atoms with Crippen molar-refractivity contribution in [3.05, 3.63) is 34.3 Å². The zero-order valence-electron chi connectivity index (χ0n) is 8.70. The number of nitrogens with zero attached hydrogens (tertiary/aromatic N) is 2. The molecule has 1 atom stereocenters. The highest BCUT2D eigenvalue weighted by Crippen LogP contribution is 2.25. The average Bonchev–Trinajstić information content (AvgIpc) is 2.59. The van der Waals surface area contributed by atoms with Crippen molar-refractivity contribution in [2.75, 3.05) is 6.54 Å². The largest absolute Gasteiger partial charge is 0.294 e. The van der Waals surface area contributed by atoms with Crippen molar-refractivity contribution in [2.45, 2.75) is 20.0 Å². The van der Waals surface area contributed by atoms with Crippen molar-refractivity contribution >= 4 is 11.6 Å². The summed E-state index contributed by atoms with van der Waals surface area (Å²) in [5, 5.41) is 9.55. The summed E-state index contributed by atoms with van der Waals surface area (Å²) in [4.78, 5) is 2.29. The Kier molecular flexibility index (Phi) is 2.95. The molecule has 0 bridgehead atoms. The molecule has 0 radical (unpaired) electrons. The van der Waals surface area contributed by atoms with Gasteiger partial charge in [0.2, 0.25) is 0 Å². The molecule has 1 heterocycles. The van der Waals surface area contributed by atoms with Gasteiger partial charge < -0.3 is 0 Å². The number of rotatable bonds is 2. The third-order valence-electron chi connectivity index (χ3n) is 2.71. The Labute approximate surface area is 95.1 Å². The van der Waals surface area contributed by atoms with Crippen LogP contribution in [0.2, 0.25) is 5.02 Å². The molecule has 0 spiro atoms.